The lowest BCUT2D eigenvalue weighted by Gasteiger charge is -2.24. The van der Waals surface area contributed by atoms with E-state index in [0.717, 1.165) is 6.42 Å². The number of nitrogens with zero attached hydrogens (tertiary/aromatic N) is 5. The number of fused-ring (bicyclic) bond motifs is 1. The minimum Gasteiger partial charge on any atom is -0.434 e. The number of imidazole rings is 1. The van der Waals surface area contributed by atoms with E-state index in [2.05, 4.69) is 20.3 Å². The number of carbonyl (C=O) groups excluding carboxylic acids is 3. The zero-order valence-electron chi connectivity index (χ0n) is 30.0. The average Bonchev–Trinajstić information content (AvgIpc) is 3.80. The van der Waals surface area contributed by atoms with E-state index in [4.69, 9.17) is 49.1 Å². The number of halogens is 1. The summed E-state index contributed by atoms with van der Waals surface area (Å²) in [4.78, 5) is 51.8. The van der Waals surface area contributed by atoms with Crippen molar-refractivity contribution < 1.29 is 56.4 Å². The van der Waals surface area contributed by atoms with Crippen molar-refractivity contribution in [1.29, 1.82) is 0 Å². The van der Waals surface area contributed by atoms with Crippen molar-refractivity contribution in [2.24, 2.45) is 10.8 Å². The number of hydrogen-bond acceptors (Lipinski definition) is 16. The van der Waals surface area contributed by atoms with Gasteiger partial charge in [0.15, 0.2) is 17.0 Å². The maximum Gasteiger partial charge on any atom is 0.510 e. The molecule has 286 valence electrons. The van der Waals surface area contributed by atoms with Gasteiger partial charge in [-0.05, 0) is 41.7 Å². The lowest BCUT2D eigenvalue weighted by atomic mass is 9.99. The highest BCUT2D eigenvalue weighted by Crippen LogP contribution is 2.48. The summed E-state index contributed by atoms with van der Waals surface area (Å²) in [5, 5.41) is 3.38. The fraction of sp³-hybridized carbons (Fsp3) is 0.742. The van der Waals surface area contributed by atoms with Gasteiger partial charge in [-0.3, -0.25) is 23.0 Å². The fourth-order valence-corrected chi connectivity index (χ4v) is 6.26. The molecule has 2 aliphatic heterocycles. The van der Waals surface area contributed by atoms with Crippen molar-refractivity contribution in [1.82, 2.24) is 24.4 Å². The van der Waals surface area contributed by atoms with Crippen LogP contribution in [0, 0.1) is 10.8 Å². The minimum atomic E-state index is -4.34. The van der Waals surface area contributed by atoms with Crippen molar-refractivity contribution >= 4 is 54.4 Å². The van der Waals surface area contributed by atoms with Crippen LogP contribution in [0.4, 0.5) is 15.4 Å². The van der Waals surface area contributed by atoms with Gasteiger partial charge in [-0.25, -0.2) is 14.6 Å². The van der Waals surface area contributed by atoms with Crippen LogP contribution in [0.1, 0.15) is 67.0 Å². The van der Waals surface area contributed by atoms with Gasteiger partial charge in [-0.2, -0.15) is 9.97 Å². The number of amides is 1. The Labute approximate surface area is 301 Å². The first kappa shape index (κ1) is 40.5. The van der Waals surface area contributed by atoms with Crippen LogP contribution in [-0.4, -0.2) is 115 Å². The van der Waals surface area contributed by atoms with Crippen LogP contribution in [0.25, 0.3) is 11.2 Å². The molecule has 2 saturated heterocycles. The summed E-state index contributed by atoms with van der Waals surface area (Å²) in [6.45, 7) is 10.9. The maximum atomic E-state index is 13.6. The number of ether oxygens (including phenoxy) is 6. The Morgan fingerprint density at radius 1 is 0.980 bits per heavy atom. The Morgan fingerprint density at radius 2 is 1.61 bits per heavy atom. The fourth-order valence-electron chi connectivity index (χ4n) is 4.83. The van der Waals surface area contributed by atoms with E-state index >= 15 is 0 Å². The molecule has 0 unspecified atom stereocenters. The Hall–Kier alpha value is -3.28. The quantitative estimate of drug-likeness (QED) is 0.105. The van der Waals surface area contributed by atoms with Crippen LogP contribution in [0.2, 0.25) is 5.28 Å². The smallest absolute Gasteiger partial charge is 0.434 e. The Balaban J connectivity index is 1.33. The minimum absolute atomic E-state index is 0.0545. The molecular weight excluding hydrogens is 715 g/mol. The summed E-state index contributed by atoms with van der Waals surface area (Å²) in [5.74, 6) is -0.123. The van der Waals surface area contributed by atoms with Crippen molar-refractivity contribution in [3.05, 3.63) is 11.6 Å². The van der Waals surface area contributed by atoms with Gasteiger partial charge in [0.05, 0.1) is 38.3 Å². The molecule has 0 bridgehead atoms. The molecule has 2 aromatic rings. The van der Waals surface area contributed by atoms with Gasteiger partial charge in [0, 0.05) is 20.2 Å². The van der Waals surface area contributed by atoms with Gasteiger partial charge in [0.2, 0.25) is 24.8 Å². The standard InChI is InChI=1S/C31H48ClN6O12P/c1-30(2,3)15-44-28(40)46-18-48-51(42,49-19-47-29(41)45-16-31(4,5)6)14-22(39)37(7)12-21-8-9-23(50-21)38-17-33-24-25(34-20-10-11-43-13-20)35-27(32)36-26(24)38/h17,20-21,23H,8-16,18-19H2,1-7H3,(H,34,35,36)/t20-,21-,23+/m0/s1. The van der Waals surface area contributed by atoms with Crippen molar-refractivity contribution in [2.75, 3.05) is 65.1 Å². The molecule has 2 aromatic heterocycles. The highest BCUT2D eigenvalue weighted by atomic mass is 35.5. The maximum absolute atomic E-state index is 13.6. The molecule has 51 heavy (non-hydrogen) atoms. The van der Waals surface area contributed by atoms with E-state index in [1.807, 2.05) is 41.5 Å². The zero-order chi connectivity index (χ0) is 37.4. The van der Waals surface area contributed by atoms with Crippen molar-refractivity contribution in [3.63, 3.8) is 0 Å². The van der Waals surface area contributed by atoms with E-state index in [9.17, 15) is 18.9 Å². The van der Waals surface area contributed by atoms with Crippen LogP contribution in [0.15, 0.2) is 6.33 Å². The number of likely N-dealkylation sites (N-methyl/N-ethyl adjacent to an activating group) is 1. The van der Waals surface area contributed by atoms with Gasteiger partial charge < -0.3 is 38.6 Å². The van der Waals surface area contributed by atoms with Crippen LogP contribution < -0.4 is 5.32 Å². The van der Waals surface area contributed by atoms with Crippen LogP contribution >= 0.6 is 19.2 Å². The molecule has 0 saturated carbocycles. The van der Waals surface area contributed by atoms with E-state index in [1.165, 1.54) is 11.9 Å². The lowest BCUT2D eigenvalue weighted by Crippen LogP contribution is -2.36. The molecule has 0 aliphatic carbocycles. The Kier molecular flexibility index (Phi) is 13.9. The van der Waals surface area contributed by atoms with Gasteiger partial charge in [-0.15, -0.1) is 0 Å². The Bertz CT molecular complexity index is 1520. The molecule has 4 rings (SSSR count). The molecule has 0 radical (unpaired) electrons. The lowest BCUT2D eigenvalue weighted by molar-refractivity contribution is -0.129. The highest BCUT2D eigenvalue weighted by Gasteiger charge is 2.35. The second-order valence-corrected chi connectivity index (χ2v) is 17.1. The number of nitrogens with one attached hydrogen (secondary N) is 1. The largest absolute Gasteiger partial charge is 0.510 e. The molecule has 0 aromatic carbocycles. The van der Waals surface area contributed by atoms with E-state index in [-0.39, 0.29) is 41.9 Å². The molecule has 0 spiro atoms. The van der Waals surface area contributed by atoms with Crippen LogP contribution in [0.3, 0.4) is 0 Å². The first-order valence-electron chi connectivity index (χ1n) is 16.5. The third-order valence-electron chi connectivity index (χ3n) is 7.39. The summed E-state index contributed by atoms with van der Waals surface area (Å²) < 4.78 is 57.3. The number of aromatic nitrogens is 4. The number of anilines is 1. The Morgan fingerprint density at radius 3 is 2.18 bits per heavy atom. The topological polar surface area (TPSA) is 201 Å². The number of hydrogen-bond donors (Lipinski definition) is 1. The van der Waals surface area contributed by atoms with Gasteiger partial charge in [0.25, 0.3) is 0 Å². The van der Waals surface area contributed by atoms with Gasteiger partial charge in [-0.1, -0.05) is 41.5 Å². The second kappa shape index (κ2) is 17.5. The number of carbonyl (C=O) groups is 3. The second-order valence-electron chi connectivity index (χ2n) is 14.7. The van der Waals surface area contributed by atoms with E-state index in [0.29, 0.717) is 43.0 Å². The molecular formula is C31H48ClN6O12P. The first-order chi connectivity index (χ1) is 23.9. The van der Waals surface area contributed by atoms with Crippen molar-refractivity contribution in [2.45, 2.75) is 79.2 Å². The molecule has 1 N–H and O–H groups in total. The third-order valence-corrected chi connectivity index (χ3v) is 9.22. The van der Waals surface area contributed by atoms with E-state index < -0.39 is 57.9 Å². The summed E-state index contributed by atoms with van der Waals surface area (Å²) in [6, 6.07) is 0.0838. The SMILES string of the molecule is CN(C[C@@H]1CC[C@H](n2cnc3c(N[C@H]4CCOC4)nc(Cl)nc32)O1)C(=O)CP(=O)(OCOC(=O)OCC(C)(C)C)OCOC(=O)OCC(C)(C)C. The molecule has 4 heterocycles. The summed E-state index contributed by atoms with van der Waals surface area (Å²) >= 11 is 6.26. The van der Waals surface area contributed by atoms with Gasteiger partial charge >= 0.3 is 19.9 Å². The highest BCUT2D eigenvalue weighted by molar-refractivity contribution is 7.54. The average molecular weight is 763 g/mol. The summed E-state index contributed by atoms with van der Waals surface area (Å²) in [5.41, 5.74) is 0.394. The molecule has 2 fully saturated rings. The molecule has 20 heteroatoms. The summed E-state index contributed by atoms with van der Waals surface area (Å²) in [6.07, 6.45) is -0.104. The predicted molar refractivity (Wildman–Crippen MR) is 182 cm³/mol. The van der Waals surface area contributed by atoms with Crippen LogP contribution in [0.5, 0.6) is 0 Å². The molecule has 18 nitrogen and oxygen atoms in total. The first-order valence-corrected chi connectivity index (χ1v) is 18.6. The normalized spacial score (nSPS) is 19.6. The van der Waals surface area contributed by atoms with Crippen molar-refractivity contribution in [3.8, 4) is 0 Å². The molecule has 1 amide bonds. The third kappa shape index (κ3) is 13.0. The predicted octanol–water partition coefficient (Wildman–Crippen LogP) is 5.36. The zero-order valence-corrected chi connectivity index (χ0v) is 31.7. The number of rotatable bonds is 15. The summed E-state index contributed by atoms with van der Waals surface area (Å²) in [7, 11) is -2.83. The molecule has 3 atom stereocenters. The van der Waals surface area contributed by atoms with E-state index in [1.54, 1.807) is 10.9 Å². The van der Waals surface area contributed by atoms with Gasteiger partial charge in [0.1, 0.15) is 12.4 Å². The molecule has 2 aliphatic rings. The van der Waals surface area contributed by atoms with Crippen LogP contribution in [-0.2, 0) is 46.8 Å². The monoisotopic (exact) mass is 762 g/mol.